The summed E-state index contributed by atoms with van der Waals surface area (Å²) in [4.78, 5) is 4.28. The Morgan fingerprint density at radius 2 is 1.96 bits per heavy atom. The Balaban J connectivity index is 0.00000312. The number of rotatable bonds is 9. The van der Waals surface area contributed by atoms with Crippen molar-refractivity contribution < 1.29 is 0 Å². The highest BCUT2D eigenvalue weighted by atomic mass is 127. The van der Waals surface area contributed by atoms with Crippen LogP contribution in [0.4, 0.5) is 0 Å². The van der Waals surface area contributed by atoms with Crippen LogP contribution in [0.1, 0.15) is 43.7 Å². The van der Waals surface area contributed by atoms with Crippen LogP contribution in [0, 0.1) is 0 Å². The van der Waals surface area contributed by atoms with Gasteiger partial charge in [-0.25, -0.2) is 0 Å². The van der Waals surface area contributed by atoms with Gasteiger partial charge in [-0.3, -0.25) is 9.67 Å². The van der Waals surface area contributed by atoms with Crippen LogP contribution in [0.5, 0.6) is 0 Å². The van der Waals surface area contributed by atoms with Crippen molar-refractivity contribution >= 4 is 29.9 Å². The maximum absolute atomic E-state index is 4.28. The standard InChI is InChI=1S/C19H29N5.HI/c1-3-4-5-6-11-21-19(20-2)22-15-17-9-7-10-18(14-17)16-24-13-8-12-23-24;/h7-10,12-14H,3-6,11,15-16H2,1-2H3,(H2,20,21,22);1H. The highest BCUT2D eigenvalue weighted by Gasteiger charge is 2.00. The van der Waals surface area contributed by atoms with Crippen LogP contribution in [-0.4, -0.2) is 29.3 Å². The molecule has 1 heterocycles. The van der Waals surface area contributed by atoms with E-state index in [1.54, 1.807) is 0 Å². The first-order valence-electron chi connectivity index (χ1n) is 8.81. The zero-order valence-corrected chi connectivity index (χ0v) is 17.6. The first-order chi connectivity index (χ1) is 11.8. The quantitative estimate of drug-likeness (QED) is 0.262. The minimum Gasteiger partial charge on any atom is -0.356 e. The lowest BCUT2D eigenvalue weighted by Crippen LogP contribution is -2.37. The van der Waals surface area contributed by atoms with Gasteiger partial charge in [-0.2, -0.15) is 5.10 Å². The molecular weight excluding hydrogens is 425 g/mol. The maximum atomic E-state index is 4.28. The molecule has 6 heteroatoms. The molecule has 0 bridgehead atoms. The van der Waals surface area contributed by atoms with Crippen LogP contribution < -0.4 is 10.6 Å². The van der Waals surface area contributed by atoms with Crippen molar-refractivity contribution in [1.29, 1.82) is 0 Å². The molecule has 1 aromatic carbocycles. The van der Waals surface area contributed by atoms with Crippen molar-refractivity contribution in [2.45, 2.75) is 45.7 Å². The molecular formula is C19H30IN5. The largest absolute Gasteiger partial charge is 0.356 e. The molecule has 0 aliphatic rings. The van der Waals surface area contributed by atoms with Gasteiger partial charge in [0, 0.05) is 32.5 Å². The number of hydrogen-bond acceptors (Lipinski definition) is 2. The van der Waals surface area contributed by atoms with E-state index in [2.05, 4.69) is 51.9 Å². The topological polar surface area (TPSA) is 54.2 Å². The fourth-order valence-electron chi connectivity index (χ4n) is 2.58. The summed E-state index contributed by atoms with van der Waals surface area (Å²) >= 11 is 0. The molecule has 5 nitrogen and oxygen atoms in total. The average molecular weight is 455 g/mol. The molecule has 0 unspecified atom stereocenters. The molecule has 0 radical (unpaired) electrons. The minimum atomic E-state index is 0. The Kier molecular flexibility index (Phi) is 10.9. The molecule has 0 fully saturated rings. The predicted molar refractivity (Wildman–Crippen MR) is 116 cm³/mol. The van der Waals surface area contributed by atoms with Gasteiger partial charge in [0.1, 0.15) is 0 Å². The average Bonchev–Trinajstić information content (AvgIpc) is 3.11. The summed E-state index contributed by atoms with van der Waals surface area (Å²) in [5.41, 5.74) is 2.49. The normalized spacial score (nSPS) is 11.0. The summed E-state index contributed by atoms with van der Waals surface area (Å²) in [6.07, 6.45) is 8.82. The van der Waals surface area contributed by atoms with Crippen molar-refractivity contribution in [3.8, 4) is 0 Å². The van der Waals surface area contributed by atoms with Gasteiger partial charge in [0.25, 0.3) is 0 Å². The molecule has 25 heavy (non-hydrogen) atoms. The molecule has 1 aromatic heterocycles. The minimum absolute atomic E-state index is 0. The molecule has 2 aromatic rings. The zero-order chi connectivity index (χ0) is 17.0. The number of unbranched alkanes of at least 4 members (excludes halogenated alkanes) is 3. The highest BCUT2D eigenvalue weighted by Crippen LogP contribution is 2.07. The summed E-state index contributed by atoms with van der Waals surface area (Å²) in [5.74, 6) is 0.865. The Morgan fingerprint density at radius 3 is 2.68 bits per heavy atom. The predicted octanol–water partition coefficient (Wildman–Crippen LogP) is 3.79. The van der Waals surface area contributed by atoms with E-state index >= 15 is 0 Å². The van der Waals surface area contributed by atoms with E-state index in [-0.39, 0.29) is 24.0 Å². The lowest BCUT2D eigenvalue weighted by molar-refractivity contribution is 0.647. The SMILES string of the molecule is CCCCCCNC(=NC)NCc1cccc(Cn2cccn2)c1.I. The maximum Gasteiger partial charge on any atom is 0.191 e. The van der Waals surface area contributed by atoms with Gasteiger partial charge in [-0.1, -0.05) is 50.5 Å². The second kappa shape index (κ2) is 12.7. The Labute approximate surface area is 168 Å². The van der Waals surface area contributed by atoms with E-state index in [9.17, 15) is 0 Å². The van der Waals surface area contributed by atoms with Crippen LogP contribution in [0.15, 0.2) is 47.7 Å². The lowest BCUT2D eigenvalue weighted by atomic mass is 10.1. The third-order valence-electron chi connectivity index (χ3n) is 3.90. The van der Waals surface area contributed by atoms with Crippen LogP contribution in [0.2, 0.25) is 0 Å². The van der Waals surface area contributed by atoms with E-state index in [0.29, 0.717) is 0 Å². The number of nitrogens with zero attached hydrogens (tertiary/aromatic N) is 3. The van der Waals surface area contributed by atoms with E-state index in [1.807, 2.05) is 30.2 Å². The first kappa shape index (κ1) is 21.5. The smallest absolute Gasteiger partial charge is 0.191 e. The molecule has 0 aliphatic heterocycles. The highest BCUT2D eigenvalue weighted by molar-refractivity contribution is 14.0. The summed E-state index contributed by atoms with van der Waals surface area (Å²) in [6, 6.07) is 10.5. The van der Waals surface area contributed by atoms with Gasteiger partial charge in [0.2, 0.25) is 0 Å². The monoisotopic (exact) mass is 455 g/mol. The van der Waals surface area contributed by atoms with Gasteiger partial charge >= 0.3 is 0 Å². The molecule has 0 amide bonds. The van der Waals surface area contributed by atoms with Crippen molar-refractivity contribution in [3.63, 3.8) is 0 Å². The fraction of sp³-hybridized carbons (Fsp3) is 0.474. The van der Waals surface area contributed by atoms with Crippen LogP contribution >= 0.6 is 24.0 Å². The number of nitrogens with one attached hydrogen (secondary N) is 2. The third kappa shape index (κ3) is 8.38. The van der Waals surface area contributed by atoms with Crippen LogP contribution in [0.25, 0.3) is 0 Å². The van der Waals surface area contributed by atoms with E-state index in [4.69, 9.17) is 0 Å². The molecule has 138 valence electrons. The molecule has 0 atom stereocenters. The summed E-state index contributed by atoms with van der Waals surface area (Å²) < 4.78 is 1.93. The Hall–Kier alpha value is -1.57. The van der Waals surface area contributed by atoms with Crippen LogP contribution in [0.3, 0.4) is 0 Å². The van der Waals surface area contributed by atoms with Crippen LogP contribution in [-0.2, 0) is 13.1 Å². The Bertz CT molecular complexity index is 610. The number of benzene rings is 1. The van der Waals surface area contributed by atoms with Crippen molar-refractivity contribution in [2.24, 2.45) is 4.99 Å². The first-order valence-corrected chi connectivity index (χ1v) is 8.81. The summed E-state index contributed by atoms with van der Waals surface area (Å²) in [6.45, 7) is 4.76. The third-order valence-corrected chi connectivity index (χ3v) is 3.90. The van der Waals surface area contributed by atoms with Gasteiger partial charge in [-0.05, 0) is 23.6 Å². The molecule has 0 saturated heterocycles. The molecule has 0 spiro atoms. The summed E-state index contributed by atoms with van der Waals surface area (Å²) in [5, 5.41) is 11.0. The lowest BCUT2D eigenvalue weighted by Gasteiger charge is -2.12. The zero-order valence-electron chi connectivity index (χ0n) is 15.2. The fourth-order valence-corrected chi connectivity index (χ4v) is 2.58. The Morgan fingerprint density at radius 1 is 1.12 bits per heavy atom. The van der Waals surface area contributed by atoms with Gasteiger partial charge in [-0.15, -0.1) is 24.0 Å². The van der Waals surface area contributed by atoms with E-state index in [1.165, 1.54) is 36.8 Å². The molecule has 2 rings (SSSR count). The second-order valence-corrected chi connectivity index (χ2v) is 5.94. The summed E-state index contributed by atoms with van der Waals surface area (Å²) in [7, 11) is 1.81. The van der Waals surface area contributed by atoms with Crippen molar-refractivity contribution in [1.82, 2.24) is 20.4 Å². The molecule has 0 saturated carbocycles. The number of guanidine groups is 1. The number of aliphatic imine (C=N–C) groups is 1. The van der Waals surface area contributed by atoms with Gasteiger partial charge < -0.3 is 10.6 Å². The van der Waals surface area contributed by atoms with Gasteiger partial charge in [0.15, 0.2) is 5.96 Å². The van der Waals surface area contributed by atoms with E-state index < -0.39 is 0 Å². The number of halogens is 1. The molecule has 0 aliphatic carbocycles. The van der Waals surface area contributed by atoms with E-state index in [0.717, 1.165) is 25.6 Å². The number of aromatic nitrogens is 2. The van der Waals surface area contributed by atoms with Gasteiger partial charge in [0.05, 0.1) is 6.54 Å². The van der Waals surface area contributed by atoms with Crippen molar-refractivity contribution in [3.05, 3.63) is 53.9 Å². The van der Waals surface area contributed by atoms with Crippen molar-refractivity contribution in [2.75, 3.05) is 13.6 Å². The second-order valence-electron chi connectivity index (χ2n) is 5.94. The molecule has 2 N–H and O–H groups in total. The number of hydrogen-bond donors (Lipinski definition) is 2.